The summed E-state index contributed by atoms with van der Waals surface area (Å²) in [5.74, 6) is -4.76. The number of Topliss-reactive ketones (excluding diaryl/α,β-unsaturated/α-hetero) is 1. The highest BCUT2D eigenvalue weighted by Gasteiger charge is 2.70. The first-order chi connectivity index (χ1) is 18.0. The van der Waals surface area contributed by atoms with Crippen molar-refractivity contribution in [1.29, 1.82) is 0 Å². The molecule has 0 aromatic heterocycles. The maximum atomic E-state index is 13.8. The normalized spacial score (nSPS) is 23.3. The zero-order valence-corrected chi connectivity index (χ0v) is 24.4. The van der Waals surface area contributed by atoms with Crippen LogP contribution in [0.1, 0.15) is 61.8 Å². The van der Waals surface area contributed by atoms with Crippen molar-refractivity contribution in [3.8, 4) is 0 Å². The van der Waals surface area contributed by atoms with Crippen LogP contribution >= 0.6 is 0 Å². The molecular weight excluding hydrogens is 531 g/mol. The summed E-state index contributed by atoms with van der Waals surface area (Å²) in [5, 5.41) is 9.66. The molecule has 1 heterocycles. The molecule has 2 fully saturated rings. The third kappa shape index (κ3) is 7.97. The number of carbonyl (C=O) groups excluding carboxylic acids is 5. The second-order valence-corrected chi connectivity index (χ2v) is 13.3. The van der Waals surface area contributed by atoms with E-state index in [0.717, 1.165) is 0 Å². The number of alkyl halides is 3. The number of hydrogen-bond acceptors (Lipinski definition) is 5. The molecule has 2 aliphatic rings. The first-order valence-electron chi connectivity index (χ1n) is 13.2. The number of hydrogen-bond donors (Lipinski definition) is 4. The Labute approximate surface area is 233 Å². The highest BCUT2D eigenvalue weighted by molar-refractivity contribution is 6.38. The van der Waals surface area contributed by atoms with Gasteiger partial charge in [-0.3, -0.25) is 19.2 Å². The van der Waals surface area contributed by atoms with Gasteiger partial charge in [-0.2, -0.15) is 13.2 Å². The van der Waals surface area contributed by atoms with E-state index in [1.54, 1.807) is 41.5 Å². The molecule has 5 atom stereocenters. The molecule has 1 aliphatic carbocycles. The number of fused-ring (bicyclic) bond motifs is 1. The SMILES string of the molecule is C=CCNC(=O)C(=O)C(CC(F)(F)F)NC(=O)[C@@H]1[C@@H]2[C@H](CN1C(=O)[C@@H](NC(=O)NC(C)(C)C)C(C)(C)C)C2(C)C. The van der Waals surface area contributed by atoms with E-state index < -0.39 is 71.2 Å². The zero-order valence-electron chi connectivity index (χ0n) is 24.4. The minimum Gasteiger partial charge on any atom is -0.346 e. The molecule has 0 aromatic carbocycles. The lowest BCUT2D eigenvalue weighted by Gasteiger charge is -2.38. The predicted molar refractivity (Wildman–Crippen MR) is 142 cm³/mol. The van der Waals surface area contributed by atoms with Crippen LogP contribution in [-0.4, -0.2) is 77.4 Å². The fourth-order valence-electron chi connectivity index (χ4n) is 5.24. The molecule has 1 aliphatic heterocycles. The number of amides is 5. The summed E-state index contributed by atoms with van der Waals surface area (Å²) in [6.07, 6.45) is -5.36. The average molecular weight is 574 g/mol. The lowest BCUT2D eigenvalue weighted by atomic mass is 9.85. The lowest BCUT2D eigenvalue weighted by molar-refractivity contribution is -0.155. The van der Waals surface area contributed by atoms with Crippen LogP contribution in [0.2, 0.25) is 0 Å². The van der Waals surface area contributed by atoms with E-state index in [4.69, 9.17) is 0 Å². The highest BCUT2D eigenvalue weighted by Crippen LogP contribution is 2.65. The summed E-state index contributed by atoms with van der Waals surface area (Å²) in [5.41, 5.74) is -1.75. The van der Waals surface area contributed by atoms with Gasteiger partial charge in [-0.05, 0) is 43.4 Å². The van der Waals surface area contributed by atoms with Gasteiger partial charge in [0.2, 0.25) is 17.6 Å². The predicted octanol–water partition coefficient (Wildman–Crippen LogP) is 2.29. The van der Waals surface area contributed by atoms with Crippen LogP contribution in [0.25, 0.3) is 0 Å². The molecule has 1 saturated carbocycles. The van der Waals surface area contributed by atoms with Crippen molar-refractivity contribution in [3.05, 3.63) is 12.7 Å². The van der Waals surface area contributed by atoms with Crippen LogP contribution in [-0.2, 0) is 19.2 Å². The first kappa shape index (κ1) is 33.1. The number of likely N-dealkylation sites (tertiary alicyclic amines) is 1. The summed E-state index contributed by atoms with van der Waals surface area (Å²) >= 11 is 0. The van der Waals surface area contributed by atoms with E-state index in [1.807, 2.05) is 13.8 Å². The van der Waals surface area contributed by atoms with Crippen LogP contribution in [0.4, 0.5) is 18.0 Å². The van der Waals surface area contributed by atoms with Gasteiger partial charge < -0.3 is 26.2 Å². The summed E-state index contributed by atoms with van der Waals surface area (Å²) < 4.78 is 40.0. The van der Waals surface area contributed by atoms with Gasteiger partial charge in [-0.25, -0.2) is 4.79 Å². The Morgan fingerprint density at radius 1 is 1.02 bits per heavy atom. The molecule has 226 valence electrons. The number of ketones is 1. The van der Waals surface area contributed by atoms with Gasteiger partial charge >= 0.3 is 12.2 Å². The number of nitrogens with one attached hydrogen (secondary N) is 4. The van der Waals surface area contributed by atoms with Crippen molar-refractivity contribution in [3.63, 3.8) is 0 Å². The van der Waals surface area contributed by atoms with Gasteiger partial charge in [-0.1, -0.05) is 40.7 Å². The van der Waals surface area contributed by atoms with Crippen LogP contribution < -0.4 is 21.3 Å². The molecule has 13 heteroatoms. The molecule has 0 radical (unpaired) electrons. The van der Waals surface area contributed by atoms with E-state index in [-0.39, 0.29) is 30.3 Å². The van der Waals surface area contributed by atoms with Crippen LogP contribution in [0.15, 0.2) is 12.7 Å². The van der Waals surface area contributed by atoms with Crippen LogP contribution in [0, 0.1) is 22.7 Å². The summed E-state index contributed by atoms with van der Waals surface area (Å²) in [6, 6.07) is -5.02. The largest absolute Gasteiger partial charge is 0.391 e. The molecule has 4 N–H and O–H groups in total. The lowest BCUT2D eigenvalue weighted by Crippen LogP contribution is -2.62. The van der Waals surface area contributed by atoms with Gasteiger partial charge in [0, 0.05) is 18.6 Å². The molecule has 5 amide bonds. The van der Waals surface area contributed by atoms with Crippen molar-refractivity contribution in [2.24, 2.45) is 22.7 Å². The fourth-order valence-corrected chi connectivity index (χ4v) is 5.24. The molecule has 10 nitrogen and oxygen atoms in total. The topological polar surface area (TPSA) is 137 Å². The Kier molecular flexibility index (Phi) is 9.43. The quantitative estimate of drug-likeness (QED) is 0.248. The molecule has 0 aromatic rings. The van der Waals surface area contributed by atoms with Crippen molar-refractivity contribution < 1.29 is 37.1 Å². The van der Waals surface area contributed by atoms with Crippen molar-refractivity contribution in [2.75, 3.05) is 13.1 Å². The number of nitrogens with zero attached hydrogens (tertiary/aromatic N) is 1. The monoisotopic (exact) mass is 573 g/mol. The van der Waals surface area contributed by atoms with Crippen molar-refractivity contribution in [1.82, 2.24) is 26.2 Å². The number of halogens is 3. The number of rotatable bonds is 9. The van der Waals surface area contributed by atoms with Crippen molar-refractivity contribution >= 4 is 29.5 Å². The highest BCUT2D eigenvalue weighted by atomic mass is 19.4. The first-order valence-corrected chi connectivity index (χ1v) is 13.2. The Bertz CT molecular complexity index is 1040. The Hall–Kier alpha value is -3.12. The molecule has 1 unspecified atom stereocenters. The maximum absolute atomic E-state index is 13.8. The number of carbonyl (C=O) groups is 5. The third-order valence-electron chi connectivity index (χ3n) is 7.34. The molecule has 0 bridgehead atoms. The average Bonchev–Trinajstić information content (AvgIpc) is 3.11. The molecule has 2 rings (SSSR count). The van der Waals surface area contributed by atoms with Gasteiger partial charge in [0.15, 0.2) is 0 Å². The number of piperidine rings is 1. The second kappa shape index (κ2) is 11.4. The standard InChI is InChI=1S/C27H42F3N5O5/c1-10-11-31-21(38)18(36)15(12-27(28,29)30)32-20(37)17-16-14(26(16,8)9)13-35(17)22(39)19(24(2,3)4)33-23(40)34-25(5,6)7/h10,14-17,19H,1,11-13H2,2-9H3,(H,31,38)(H,32,37)(H2,33,34,40)/t14-,15?,16-,17-,19+/m0/s1. The maximum Gasteiger partial charge on any atom is 0.391 e. The summed E-state index contributed by atoms with van der Waals surface area (Å²) in [4.78, 5) is 66.0. The minimum absolute atomic E-state index is 0.108. The molecule has 40 heavy (non-hydrogen) atoms. The van der Waals surface area contributed by atoms with E-state index in [1.165, 1.54) is 11.0 Å². The van der Waals surface area contributed by atoms with Crippen molar-refractivity contribution in [2.45, 2.75) is 91.7 Å². The van der Waals surface area contributed by atoms with Gasteiger partial charge in [0.25, 0.3) is 5.91 Å². The minimum atomic E-state index is -4.86. The zero-order chi connectivity index (χ0) is 31.0. The van der Waals surface area contributed by atoms with Crippen LogP contribution in [0.3, 0.4) is 0 Å². The number of urea groups is 1. The van der Waals surface area contributed by atoms with Gasteiger partial charge in [0.05, 0.1) is 6.42 Å². The Morgan fingerprint density at radius 2 is 1.60 bits per heavy atom. The fraction of sp³-hybridized carbons (Fsp3) is 0.741. The van der Waals surface area contributed by atoms with E-state index >= 15 is 0 Å². The third-order valence-corrected chi connectivity index (χ3v) is 7.34. The molecule has 0 spiro atoms. The van der Waals surface area contributed by atoms with E-state index in [0.29, 0.717) is 0 Å². The second-order valence-electron chi connectivity index (χ2n) is 13.3. The summed E-state index contributed by atoms with van der Waals surface area (Å²) in [6.45, 7) is 17.7. The van der Waals surface area contributed by atoms with Gasteiger partial charge in [-0.15, -0.1) is 6.58 Å². The molecule has 1 saturated heterocycles. The Morgan fingerprint density at radius 3 is 2.08 bits per heavy atom. The summed E-state index contributed by atoms with van der Waals surface area (Å²) in [7, 11) is 0. The van der Waals surface area contributed by atoms with E-state index in [9.17, 15) is 37.1 Å². The Balaban J connectivity index is 2.36. The van der Waals surface area contributed by atoms with Gasteiger partial charge in [0.1, 0.15) is 18.1 Å². The van der Waals surface area contributed by atoms with E-state index in [2.05, 4.69) is 27.8 Å². The molecular formula is C27H42F3N5O5. The smallest absolute Gasteiger partial charge is 0.346 e. The van der Waals surface area contributed by atoms with Crippen LogP contribution in [0.5, 0.6) is 0 Å².